The fourth-order valence-electron chi connectivity index (χ4n) is 1.52. The first-order chi connectivity index (χ1) is 5.61. The number of rotatable bonds is 5. The second kappa shape index (κ2) is 3.75. The molecule has 0 heterocycles. The lowest BCUT2D eigenvalue weighted by molar-refractivity contribution is 0.0928. The van der Waals surface area contributed by atoms with Crippen molar-refractivity contribution in [3.63, 3.8) is 0 Å². The molecule has 1 aliphatic rings. The molecule has 72 valence electrons. The van der Waals surface area contributed by atoms with Gasteiger partial charge in [-0.3, -0.25) is 0 Å². The Balaban J connectivity index is 2.34. The molecule has 1 aliphatic carbocycles. The van der Waals surface area contributed by atoms with Crippen LogP contribution in [0.3, 0.4) is 0 Å². The van der Waals surface area contributed by atoms with E-state index in [4.69, 9.17) is 0 Å². The molecule has 0 bridgehead atoms. The van der Waals surface area contributed by atoms with E-state index in [1.165, 1.54) is 12.8 Å². The molecule has 1 rings (SSSR count). The number of aliphatic hydroxyl groups excluding tert-OH is 1. The van der Waals surface area contributed by atoms with Crippen molar-refractivity contribution < 1.29 is 5.11 Å². The van der Waals surface area contributed by atoms with Crippen molar-refractivity contribution in [2.24, 2.45) is 5.41 Å². The van der Waals surface area contributed by atoms with Crippen LogP contribution in [-0.2, 0) is 0 Å². The van der Waals surface area contributed by atoms with E-state index in [0.717, 1.165) is 19.0 Å². The summed E-state index contributed by atoms with van der Waals surface area (Å²) in [6, 6.07) is 0.808. The second-order valence-electron chi connectivity index (χ2n) is 4.47. The summed E-state index contributed by atoms with van der Waals surface area (Å²) in [6.45, 7) is 5.65. The minimum absolute atomic E-state index is 0.108. The number of hydrogen-bond acceptors (Lipinski definition) is 2. The zero-order chi connectivity index (χ0) is 9.19. The third-order valence-electron chi connectivity index (χ3n) is 3.04. The van der Waals surface area contributed by atoms with Gasteiger partial charge in [-0.25, -0.2) is 0 Å². The summed E-state index contributed by atoms with van der Waals surface area (Å²) in [7, 11) is 2.17. The smallest absolute Gasteiger partial charge is 0.0496 e. The van der Waals surface area contributed by atoms with Crippen LogP contribution in [0.4, 0.5) is 0 Å². The minimum Gasteiger partial charge on any atom is -0.396 e. The molecule has 0 aromatic carbocycles. The van der Waals surface area contributed by atoms with Gasteiger partial charge in [0.2, 0.25) is 0 Å². The topological polar surface area (TPSA) is 23.5 Å². The van der Waals surface area contributed by atoms with Crippen LogP contribution in [0.5, 0.6) is 0 Å². The van der Waals surface area contributed by atoms with E-state index in [-0.39, 0.29) is 5.41 Å². The Bertz CT molecular complexity index is 139. The molecule has 1 atom stereocenters. The van der Waals surface area contributed by atoms with Gasteiger partial charge >= 0.3 is 0 Å². The van der Waals surface area contributed by atoms with Gasteiger partial charge in [0.1, 0.15) is 0 Å². The summed E-state index contributed by atoms with van der Waals surface area (Å²) in [5.74, 6) is 0. The molecule has 1 unspecified atom stereocenters. The van der Waals surface area contributed by atoms with Gasteiger partial charge in [0, 0.05) is 24.6 Å². The van der Waals surface area contributed by atoms with E-state index in [2.05, 4.69) is 25.8 Å². The highest BCUT2D eigenvalue weighted by Crippen LogP contribution is 2.29. The van der Waals surface area contributed by atoms with Gasteiger partial charge in [0.15, 0.2) is 0 Å². The molecule has 0 spiro atoms. The lowest BCUT2D eigenvalue weighted by atomic mass is 9.88. The Hall–Kier alpha value is -0.0800. The van der Waals surface area contributed by atoms with Crippen molar-refractivity contribution in [1.82, 2.24) is 4.90 Å². The third kappa shape index (κ3) is 2.46. The Kier molecular flexibility index (Phi) is 3.13. The van der Waals surface area contributed by atoms with Crippen molar-refractivity contribution in [1.29, 1.82) is 0 Å². The maximum atomic E-state index is 9.21. The van der Waals surface area contributed by atoms with Crippen LogP contribution in [-0.4, -0.2) is 36.2 Å². The quantitative estimate of drug-likeness (QED) is 0.677. The first kappa shape index (κ1) is 10.0. The Morgan fingerprint density at radius 1 is 1.50 bits per heavy atom. The summed E-state index contributed by atoms with van der Waals surface area (Å²) < 4.78 is 0. The second-order valence-corrected chi connectivity index (χ2v) is 4.47. The normalized spacial score (nSPS) is 22.8. The SMILES string of the molecule is CCC(C)(CO)CN(C)C1CC1. The molecular weight excluding hydrogens is 150 g/mol. The van der Waals surface area contributed by atoms with E-state index in [9.17, 15) is 5.11 Å². The van der Waals surface area contributed by atoms with Gasteiger partial charge in [-0.15, -0.1) is 0 Å². The van der Waals surface area contributed by atoms with Crippen LogP contribution < -0.4 is 0 Å². The molecule has 12 heavy (non-hydrogen) atoms. The predicted molar refractivity (Wildman–Crippen MR) is 51.1 cm³/mol. The summed E-state index contributed by atoms with van der Waals surface area (Å²) in [4.78, 5) is 2.39. The van der Waals surface area contributed by atoms with Crippen molar-refractivity contribution in [3.8, 4) is 0 Å². The van der Waals surface area contributed by atoms with Gasteiger partial charge in [0.25, 0.3) is 0 Å². The van der Waals surface area contributed by atoms with E-state index < -0.39 is 0 Å². The predicted octanol–water partition coefficient (Wildman–Crippen LogP) is 1.49. The van der Waals surface area contributed by atoms with Crippen molar-refractivity contribution in [2.45, 2.75) is 39.2 Å². The molecule has 1 fully saturated rings. The number of nitrogens with zero attached hydrogens (tertiary/aromatic N) is 1. The fraction of sp³-hybridized carbons (Fsp3) is 1.00. The van der Waals surface area contributed by atoms with Crippen molar-refractivity contribution in [3.05, 3.63) is 0 Å². The lowest BCUT2D eigenvalue weighted by Gasteiger charge is -2.31. The Labute approximate surface area is 75.6 Å². The van der Waals surface area contributed by atoms with E-state index in [1.54, 1.807) is 0 Å². The molecule has 1 N–H and O–H groups in total. The Morgan fingerprint density at radius 3 is 2.42 bits per heavy atom. The van der Waals surface area contributed by atoms with Crippen LogP contribution >= 0.6 is 0 Å². The summed E-state index contributed by atoms with van der Waals surface area (Å²) in [5.41, 5.74) is 0.108. The average molecular weight is 171 g/mol. The highest BCUT2D eigenvalue weighted by molar-refractivity contribution is 4.86. The molecule has 0 aromatic rings. The van der Waals surface area contributed by atoms with E-state index in [0.29, 0.717) is 6.61 Å². The standard InChI is InChI=1S/C10H21NO/c1-4-10(2,8-12)7-11(3)9-5-6-9/h9,12H,4-8H2,1-3H3. The first-order valence-electron chi connectivity index (χ1n) is 4.92. The summed E-state index contributed by atoms with van der Waals surface area (Å²) in [6.07, 6.45) is 3.75. The molecule has 2 heteroatoms. The molecular formula is C10H21NO. The molecule has 2 nitrogen and oxygen atoms in total. The maximum absolute atomic E-state index is 9.21. The van der Waals surface area contributed by atoms with Gasteiger partial charge in [-0.05, 0) is 26.3 Å². The highest BCUT2D eigenvalue weighted by Gasteiger charge is 2.31. The van der Waals surface area contributed by atoms with Gasteiger partial charge in [0.05, 0.1) is 0 Å². The largest absolute Gasteiger partial charge is 0.396 e. The van der Waals surface area contributed by atoms with Crippen LogP contribution in [0, 0.1) is 5.41 Å². The fourth-order valence-corrected chi connectivity index (χ4v) is 1.52. The zero-order valence-corrected chi connectivity index (χ0v) is 8.51. The van der Waals surface area contributed by atoms with Crippen LogP contribution in [0.1, 0.15) is 33.1 Å². The molecule has 0 amide bonds. The summed E-state index contributed by atoms with van der Waals surface area (Å²) in [5, 5.41) is 9.21. The van der Waals surface area contributed by atoms with Gasteiger partial charge in [-0.1, -0.05) is 13.8 Å². The Morgan fingerprint density at radius 2 is 2.08 bits per heavy atom. The minimum atomic E-state index is 0.108. The van der Waals surface area contributed by atoms with E-state index in [1.807, 2.05) is 0 Å². The van der Waals surface area contributed by atoms with Gasteiger partial charge < -0.3 is 10.0 Å². The molecule has 0 radical (unpaired) electrons. The first-order valence-corrected chi connectivity index (χ1v) is 4.92. The number of aliphatic hydroxyl groups is 1. The molecule has 1 saturated carbocycles. The monoisotopic (exact) mass is 171 g/mol. The van der Waals surface area contributed by atoms with Gasteiger partial charge in [-0.2, -0.15) is 0 Å². The van der Waals surface area contributed by atoms with Crippen molar-refractivity contribution >= 4 is 0 Å². The van der Waals surface area contributed by atoms with Crippen molar-refractivity contribution in [2.75, 3.05) is 20.2 Å². The third-order valence-corrected chi connectivity index (χ3v) is 3.04. The summed E-state index contributed by atoms with van der Waals surface area (Å²) >= 11 is 0. The van der Waals surface area contributed by atoms with Crippen LogP contribution in [0.2, 0.25) is 0 Å². The molecule has 0 aliphatic heterocycles. The lowest BCUT2D eigenvalue weighted by Crippen LogP contribution is -2.36. The average Bonchev–Trinajstić information content (AvgIpc) is 2.86. The zero-order valence-electron chi connectivity index (χ0n) is 8.51. The maximum Gasteiger partial charge on any atom is 0.0496 e. The molecule has 0 saturated heterocycles. The van der Waals surface area contributed by atoms with E-state index >= 15 is 0 Å². The highest BCUT2D eigenvalue weighted by atomic mass is 16.3. The van der Waals surface area contributed by atoms with Crippen LogP contribution in [0.15, 0.2) is 0 Å². The number of hydrogen-bond donors (Lipinski definition) is 1. The molecule has 0 aromatic heterocycles. The van der Waals surface area contributed by atoms with Crippen LogP contribution in [0.25, 0.3) is 0 Å².